The molecule has 4 N–H and O–H groups in total. The molecule has 4 rings (SSSR count). The number of hydrogen-bond acceptors (Lipinski definition) is 7. The molecule has 11 heteroatoms. The highest BCUT2D eigenvalue weighted by Crippen LogP contribution is 2.33. The summed E-state index contributed by atoms with van der Waals surface area (Å²) < 4.78 is 0.602. The summed E-state index contributed by atoms with van der Waals surface area (Å²) in [6.07, 6.45) is 4.82. The standard InChI is InChI=1S/C17H18BrN9O/c1-27(2)4-3-19-17(28)13-12(18)11-15(21-8-22-16(11)25-13)24-10-5-9-6-23-26-14(9)20-7-10/h5-8H,3-4H2,1-2H3,(H,19,28)(H,20,23,26)(H2,21,22,24,25). The molecule has 0 aliphatic rings. The maximum atomic E-state index is 12.5. The molecule has 28 heavy (non-hydrogen) atoms. The SMILES string of the molecule is CN(C)CCNC(=O)c1[nH]c2ncnc(Nc3cnc4[nH]ncc4c3)c2c1Br. The second-order valence-electron chi connectivity index (χ2n) is 6.48. The quantitative estimate of drug-likeness (QED) is 0.358. The van der Waals surface area contributed by atoms with Crippen LogP contribution in [0.4, 0.5) is 11.5 Å². The average Bonchev–Trinajstić information content (AvgIpc) is 3.26. The van der Waals surface area contributed by atoms with Gasteiger partial charge in [-0.1, -0.05) is 0 Å². The third-order valence-corrected chi connectivity index (χ3v) is 4.95. The first-order valence-electron chi connectivity index (χ1n) is 8.54. The number of H-pyrrole nitrogens is 2. The van der Waals surface area contributed by atoms with Crippen molar-refractivity contribution in [1.29, 1.82) is 0 Å². The molecule has 0 radical (unpaired) electrons. The van der Waals surface area contributed by atoms with Gasteiger partial charge in [-0.15, -0.1) is 0 Å². The van der Waals surface area contributed by atoms with Gasteiger partial charge < -0.3 is 20.5 Å². The maximum absolute atomic E-state index is 12.5. The number of likely N-dealkylation sites (N-methyl/N-ethyl adjacent to an activating group) is 1. The summed E-state index contributed by atoms with van der Waals surface area (Å²) >= 11 is 3.52. The predicted molar refractivity (Wildman–Crippen MR) is 110 cm³/mol. The van der Waals surface area contributed by atoms with Crippen LogP contribution in [0, 0.1) is 0 Å². The minimum absolute atomic E-state index is 0.209. The number of rotatable bonds is 6. The molecular formula is C17H18BrN9O. The van der Waals surface area contributed by atoms with Crippen molar-refractivity contribution in [1.82, 2.24) is 40.3 Å². The van der Waals surface area contributed by atoms with E-state index in [1.165, 1.54) is 6.33 Å². The lowest BCUT2D eigenvalue weighted by molar-refractivity contribution is 0.0946. The number of fused-ring (bicyclic) bond motifs is 2. The maximum Gasteiger partial charge on any atom is 0.269 e. The largest absolute Gasteiger partial charge is 0.349 e. The van der Waals surface area contributed by atoms with E-state index in [1.807, 2.05) is 25.1 Å². The fourth-order valence-electron chi connectivity index (χ4n) is 2.76. The Labute approximate surface area is 168 Å². The van der Waals surface area contributed by atoms with Gasteiger partial charge in [0, 0.05) is 18.5 Å². The van der Waals surface area contributed by atoms with Gasteiger partial charge in [0.25, 0.3) is 5.91 Å². The van der Waals surface area contributed by atoms with E-state index in [4.69, 9.17) is 0 Å². The van der Waals surface area contributed by atoms with Crippen LogP contribution in [0.3, 0.4) is 0 Å². The molecule has 0 aliphatic carbocycles. The summed E-state index contributed by atoms with van der Waals surface area (Å²) in [5.74, 6) is 0.351. The van der Waals surface area contributed by atoms with E-state index in [-0.39, 0.29) is 5.91 Å². The van der Waals surface area contributed by atoms with E-state index < -0.39 is 0 Å². The number of halogens is 1. The molecule has 10 nitrogen and oxygen atoms in total. The lowest BCUT2D eigenvalue weighted by Gasteiger charge is -2.10. The minimum Gasteiger partial charge on any atom is -0.349 e. The van der Waals surface area contributed by atoms with E-state index in [0.717, 1.165) is 17.6 Å². The molecule has 4 aromatic rings. The molecule has 0 atom stereocenters. The fraction of sp³-hybridized carbons (Fsp3) is 0.235. The van der Waals surface area contributed by atoms with E-state index in [1.54, 1.807) is 12.4 Å². The summed E-state index contributed by atoms with van der Waals surface area (Å²) in [7, 11) is 3.91. The number of pyridine rings is 1. The predicted octanol–water partition coefficient (Wildman–Crippen LogP) is 2.03. The molecule has 0 fully saturated rings. The summed E-state index contributed by atoms with van der Waals surface area (Å²) in [5.41, 5.74) is 2.41. The van der Waals surface area contributed by atoms with Crippen molar-refractivity contribution in [2.75, 3.05) is 32.5 Å². The van der Waals surface area contributed by atoms with Crippen LogP contribution in [0.15, 0.2) is 29.3 Å². The lowest BCUT2D eigenvalue weighted by Crippen LogP contribution is -2.31. The Balaban J connectivity index is 1.64. The van der Waals surface area contributed by atoms with Gasteiger partial charge >= 0.3 is 0 Å². The van der Waals surface area contributed by atoms with Crippen molar-refractivity contribution >= 4 is 55.4 Å². The second kappa shape index (κ2) is 7.52. The lowest BCUT2D eigenvalue weighted by atomic mass is 10.3. The molecule has 0 spiro atoms. The van der Waals surface area contributed by atoms with Gasteiger partial charge in [0.05, 0.1) is 27.9 Å². The van der Waals surface area contributed by atoms with Crippen molar-refractivity contribution < 1.29 is 4.79 Å². The van der Waals surface area contributed by atoms with Gasteiger partial charge in [-0.25, -0.2) is 15.0 Å². The van der Waals surface area contributed by atoms with E-state index in [9.17, 15) is 4.79 Å². The van der Waals surface area contributed by atoms with Gasteiger partial charge in [0.2, 0.25) is 0 Å². The van der Waals surface area contributed by atoms with Crippen LogP contribution in [-0.4, -0.2) is 68.1 Å². The highest BCUT2D eigenvalue weighted by Gasteiger charge is 2.20. The Morgan fingerprint density at radius 3 is 2.89 bits per heavy atom. The van der Waals surface area contributed by atoms with Crippen LogP contribution in [0.25, 0.3) is 22.1 Å². The molecule has 144 valence electrons. The van der Waals surface area contributed by atoms with Crippen molar-refractivity contribution in [3.63, 3.8) is 0 Å². The third-order valence-electron chi connectivity index (χ3n) is 4.16. The van der Waals surface area contributed by atoms with E-state index in [0.29, 0.717) is 39.2 Å². The van der Waals surface area contributed by atoms with Gasteiger partial charge in [0.1, 0.15) is 23.5 Å². The van der Waals surface area contributed by atoms with Gasteiger partial charge in [-0.05, 0) is 36.1 Å². The number of carbonyl (C=O) groups excluding carboxylic acids is 1. The Morgan fingerprint density at radius 1 is 1.21 bits per heavy atom. The highest BCUT2D eigenvalue weighted by molar-refractivity contribution is 9.10. The number of anilines is 2. The zero-order valence-electron chi connectivity index (χ0n) is 15.2. The van der Waals surface area contributed by atoms with Crippen LogP contribution in [0.2, 0.25) is 0 Å². The third kappa shape index (κ3) is 3.53. The number of nitrogens with zero attached hydrogens (tertiary/aromatic N) is 5. The van der Waals surface area contributed by atoms with Crippen LogP contribution < -0.4 is 10.6 Å². The van der Waals surface area contributed by atoms with Gasteiger partial charge in [-0.3, -0.25) is 9.89 Å². The molecular weight excluding hydrogens is 426 g/mol. The molecule has 0 aliphatic heterocycles. The molecule has 1 amide bonds. The fourth-order valence-corrected chi connectivity index (χ4v) is 3.42. The number of amides is 1. The number of hydrogen-bond donors (Lipinski definition) is 4. The van der Waals surface area contributed by atoms with Crippen LogP contribution >= 0.6 is 15.9 Å². The minimum atomic E-state index is -0.209. The van der Waals surface area contributed by atoms with Crippen LogP contribution in [0.5, 0.6) is 0 Å². The Hall–Kier alpha value is -3.05. The smallest absolute Gasteiger partial charge is 0.269 e. The van der Waals surface area contributed by atoms with Crippen molar-refractivity contribution in [3.8, 4) is 0 Å². The normalized spacial score (nSPS) is 11.4. The van der Waals surface area contributed by atoms with Crippen molar-refractivity contribution in [2.24, 2.45) is 0 Å². The monoisotopic (exact) mass is 443 g/mol. The van der Waals surface area contributed by atoms with Crippen molar-refractivity contribution in [3.05, 3.63) is 35.0 Å². The van der Waals surface area contributed by atoms with Gasteiger partial charge in [-0.2, -0.15) is 5.10 Å². The average molecular weight is 444 g/mol. The zero-order chi connectivity index (χ0) is 19.7. The summed E-state index contributed by atoms with van der Waals surface area (Å²) in [6, 6.07) is 1.91. The first-order chi connectivity index (χ1) is 13.5. The van der Waals surface area contributed by atoms with Crippen LogP contribution in [-0.2, 0) is 0 Å². The van der Waals surface area contributed by atoms with E-state index in [2.05, 4.69) is 56.7 Å². The highest BCUT2D eigenvalue weighted by atomic mass is 79.9. The first-order valence-corrected chi connectivity index (χ1v) is 9.33. The molecule has 0 saturated heterocycles. The molecule has 0 unspecified atom stereocenters. The van der Waals surface area contributed by atoms with Crippen LogP contribution in [0.1, 0.15) is 10.5 Å². The topological polar surface area (TPSA) is 128 Å². The van der Waals surface area contributed by atoms with Gasteiger partial charge in [0.15, 0.2) is 5.65 Å². The summed E-state index contributed by atoms with van der Waals surface area (Å²) in [5, 5.41) is 14.5. The summed E-state index contributed by atoms with van der Waals surface area (Å²) in [6.45, 7) is 1.29. The summed E-state index contributed by atoms with van der Waals surface area (Å²) in [4.78, 5) is 30.5. The Morgan fingerprint density at radius 2 is 2.07 bits per heavy atom. The van der Waals surface area contributed by atoms with E-state index >= 15 is 0 Å². The zero-order valence-corrected chi connectivity index (χ0v) is 16.8. The molecule has 0 bridgehead atoms. The second-order valence-corrected chi connectivity index (χ2v) is 7.27. The first kappa shape index (κ1) is 18.3. The molecule has 0 saturated carbocycles. The Bertz CT molecular complexity index is 1150. The molecule has 0 aromatic carbocycles. The Kier molecular flexibility index (Phi) is 4.92. The molecule has 4 heterocycles. The number of aromatic nitrogens is 6. The number of nitrogens with one attached hydrogen (secondary N) is 4. The number of aromatic amines is 2. The van der Waals surface area contributed by atoms with Crippen molar-refractivity contribution in [2.45, 2.75) is 0 Å². The molecule has 4 aromatic heterocycles. The number of carbonyl (C=O) groups is 1.